The SMILES string of the molecule is CC(Oc1ccc(F)cn1)c1cccnc1. The molecule has 0 aliphatic heterocycles. The molecule has 0 aliphatic carbocycles. The second-order valence-corrected chi connectivity index (χ2v) is 3.36. The maximum Gasteiger partial charge on any atom is 0.213 e. The van der Waals surface area contributed by atoms with E-state index in [-0.39, 0.29) is 11.9 Å². The molecule has 2 aromatic heterocycles. The van der Waals surface area contributed by atoms with Crippen LogP contribution in [-0.2, 0) is 0 Å². The Morgan fingerprint density at radius 1 is 1.25 bits per heavy atom. The Bertz CT molecular complexity index is 444. The van der Waals surface area contributed by atoms with Gasteiger partial charge in [-0.05, 0) is 19.1 Å². The van der Waals surface area contributed by atoms with Gasteiger partial charge in [0.15, 0.2) is 0 Å². The lowest BCUT2D eigenvalue weighted by Crippen LogP contribution is -2.04. The highest BCUT2D eigenvalue weighted by molar-refractivity contribution is 5.16. The number of aromatic nitrogens is 2. The maximum atomic E-state index is 12.6. The Morgan fingerprint density at radius 3 is 2.75 bits per heavy atom. The summed E-state index contributed by atoms with van der Waals surface area (Å²) in [6, 6.07) is 6.58. The van der Waals surface area contributed by atoms with Gasteiger partial charge in [-0.2, -0.15) is 0 Å². The zero-order valence-electron chi connectivity index (χ0n) is 8.80. The summed E-state index contributed by atoms with van der Waals surface area (Å²) in [5.74, 6) is 0.0270. The Balaban J connectivity index is 2.08. The molecule has 82 valence electrons. The summed E-state index contributed by atoms with van der Waals surface area (Å²) in [6.07, 6.45) is 4.40. The molecule has 0 fully saturated rings. The van der Waals surface area contributed by atoms with Gasteiger partial charge in [-0.1, -0.05) is 6.07 Å². The Labute approximate surface area is 92.9 Å². The van der Waals surface area contributed by atoms with E-state index in [2.05, 4.69) is 9.97 Å². The monoisotopic (exact) mass is 218 g/mol. The minimum absolute atomic E-state index is 0.160. The highest BCUT2D eigenvalue weighted by atomic mass is 19.1. The lowest BCUT2D eigenvalue weighted by molar-refractivity contribution is 0.216. The third-order valence-electron chi connectivity index (χ3n) is 2.15. The second-order valence-electron chi connectivity index (χ2n) is 3.36. The number of nitrogens with zero attached hydrogens (tertiary/aromatic N) is 2. The molecule has 2 rings (SSSR count). The van der Waals surface area contributed by atoms with Crippen molar-refractivity contribution in [3.8, 4) is 5.88 Å². The fourth-order valence-electron chi connectivity index (χ4n) is 1.30. The molecule has 0 amide bonds. The molecule has 0 N–H and O–H groups in total. The first-order valence-corrected chi connectivity index (χ1v) is 4.94. The molecule has 0 aromatic carbocycles. The van der Waals surface area contributed by atoms with Crippen molar-refractivity contribution in [3.05, 3.63) is 54.2 Å². The average Bonchev–Trinajstić information content (AvgIpc) is 2.33. The van der Waals surface area contributed by atoms with Crippen molar-refractivity contribution in [1.82, 2.24) is 9.97 Å². The van der Waals surface area contributed by atoms with Crippen molar-refractivity contribution in [2.45, 2.75) is 13.0 Å². The van der Waals surface area contributed by atoms with Crippen molar-refractivity contribution in [1.29, 1.82) is 0 Å². The molecule has 2 aromatic rings. The van der Waals surface area contributed by atoms with Gasteiger partial charge in [0.1, 0.15) is 11.9 Å². The van der Waals surface area contributed by atoms with Gasteiger partial charge in [0.2, 0.25) is 5.88 Å². The summed E-state index contributed by atoms with van der Waals surface area (Å²) < 4.78 is 18.2. The summed E-state index contributed by atoms with van der Waals surface area (Å²) in [4.78, 5) is 7.83. The Hall–Kier alpha value is -1.97. The van der Waals surface area contributed by atoms with Crippen molar-refractivity contribution in [2.75, 3.05) is 0 Å². The van der Waals surface area contributed by atoms with E-state index in [0.717, 1.165) is 11.8 Å². The van der Waals surface area contributed by atoms with E-state index in [9.17, 15) is 4.39 Å². The molecular formula is C12H11FN2O. The van der Waals surface area contributed by atoms with Crippen LogP contribution in [0.3, 0.4) is 0 Å². The van der Waals surface area contributed by atoms with Crippen molar-refractivity contribution >= 4 is 0 Å². The molecule has 0 saturated heterocycles. The molecular weight excluding hydrogens is 207 g/mol. The Morgan fingerprint density at radius 2 is 2.12 bits per heavy atom. The van der Waals surface area contributed by atoms with Crippen LogP contribution in [-0.4, -0.2) is 9.97 Å². The van der Waals surface area contributed by atoms with Crippen LogP contribution < -0.4 is 4.74 Å². The second kappa shape index (κ2) is 4.70. The molecule has 1 unspecified atom stereocenters. The number of ether oxygens (including phenoxy) is 1. The summed E-state index contributed by atoms with van der Waals surface area (Å²) in [5, 5.41) is 0. The fraction of sp³-hybridized carbons (Fsp3) is 0.167. The van der Waals surface area contributed by atoms with E-state index in [4.69, 9.17) is 4.74 Å². The van der Waals surface area contributed by atoms with Gasteiger partial charge in [0, 0.05) is 24.0 Å². The van der Waals surface area contributed by atoms with Crippen LogP contribution in [0, 0.1) is 5.82 Å². The molecule has 4 heteroatoms. The predicted molar refractivity (Wildman–Crippen MR) is 57.5 cm³/mol. The van der Waals surface area contributed by atoms with Crippen LogP contribution in [0.5, 0.6) is 5.88 Å². The van der Waals surface area contributed by atoms with Crippen molar-refractivity contribution < 1.29 is 9.13 Å². The average molecular weight is 218 g/mol. The number of pyridine rings is 2. The number of hydrogen-bond donors (Lipinski definition) is 0. The summed E-state index contributed by atoms with van der Waals surface area (Å²) in [5.41, 5.74) is 0.952. The zero-order valence-corrected chi connectivity index (χ0v) is 8.80. The largest absolute Gasteiger partial charge is 0.470 e. The van der Waals surface area contributed by atoms with Crippen LogP contribution >= 0.6 is 0 Å². The number of rotatable bonds is 3. The van der Waals surface area contributed by atoms with E-state index in [1.807, 2.05) is 19.1 Å². The van der Waals surface area contributed by atoms with Gasteiger partial charge in [-0.15, -0.1) is 0 Å². The van der Waals surface area contributed by atoms with Gasteiger partial charge < -0.3 is 4.74 Å². The predicted octanol–water partition coefficient (Wildman–Crippen LogP) is 2.76. The Kier molecular flexibility index (Phi) is 3.10. The molecule has 0 bridgehead atoms. The standard InChI is InChI=1S/C12H11FN2O/c1-9(10-3-2-6-14-7-10)16-12-5-4-11(13)8-15-12/h2-9H,1H3. The first kappa shape index (κ1) is 10.5. The van der Waals surface area contributed by atoms with Crippen LogP contribution in [0.2, 0.25) is 0 Å². The lowest BCUT2D eigenvalue weighted by Gasteiger charge is -2.13. The highest BCUT2D eigenvalue weighted by Gasteiger charge is 2.07. The molecule has 0 radical (unpaired) electrons. The molecule has 0 aliphatic rings. The van der Waals surface area contributed by atoms with E-state index >= 15 is 0 Å². The van der Waals surface area contributed by atoms with E-state index in [1.54, 1.807) is 12.4 Å². The molecule has 3 nitrogen and oxygen atoms in total. The summed E-state index contributed by atoms with van der Waals surface area (Å²) >= 11 is 0. The molecule has 0 saturated carbocycles. The van der Waals surface area contributed by atoms with E-state index in [1.165, 1.54) is 12.1 Å². The number of halogens is 1. The highest BCUT2D eigenvalue weighted by Crippen LogP contribution is 2.18. The minimum atomic E-state index is -0.374. The molecule has 1 atom stereocenters. The maximum absolute atomic E-state index is 12.6. The molecule has 16 heavy (non-hydrogen) atoms. The van der Waals surface area contributed by atoms with Gasteiger partial charge in [0.25, 0.3) is 0 Å². The van der Waals surface area contributed by atoms with Crippen LogP contribution in [0.4, 0.5) is 4.39 Å². The summed E-state index contributed by atoms with van der Waals surface area (Å²) in [7, 11) is 0. The zero-order chi connectivity index (χ0) is 11.4. The quantitative estimate of drug-likeness (QED) is 0.794. The van der Waals surface area contributed by atoms with E-state index < -0.39 is 0 Å². The molecule has 0 spiro atoms. The lowest BCUT2D eigenvalue weighted by atomic mass is 10.2. The van der Waals surface area contributed by atoms with Crippen LogP contribution in [0.1, 0.15) is 18.6 Å². The normalized spacial score (nSPS) is 12.1. The minimum Gasteiger partial charge on any atom is -0.470 e. The number of hydrogen-bond acceptors (Lipinski definition) is 3. The van der Waals surface area contributed by atoms with Crippen LogP contribution in [0.15, 0.2) is 42.9 Å². The first-order valence-electron chi connectivity index (χ1n) is 4.94. The first-order chi connectivity index (χ1) is 7.75. The topological polar surface area (TPSA) is 35.0 Å². The third-order valence-corrected chi connectivity index (χ3v) is 2.15. The van der Waals surface area contributed by atoms with Crippen molar-refractivity contribution in [3.63, 3.8) is 0 Å². The van der Waals surface area contributed by atoms with Gasteiger partial charge in [-0.25, -0.2) is 9.37 Å². The van der Waals surface area contributed by atoms with Gasteiger partial charge in [-0.3, -0.25) is 4.98 Å². The smallest absolute Gasteiger partial charge is 0.213 e. The van der Waals surface area contributed by atoms with Crippen LogP contribution in [0.25, 0.3) is 0 Å². The van der Waals surface area contributed by atoms with E-state index in [0.29, 0.717) is 5.88 Å². The van der Waals surface area contributed by atoms with Crippen molar-refractivity contribution in [2.24, 2.45) is 0 Å². The van der Waals surface area contributed by atoms with Gasteiger partial charge in [0.05, 0.1) is 6.20 Å². The molecule has 2 heterocycles. The third kappa shape index (κ3) is 2.53. The summed E-state index contributed by atoms with van der Waals surface area (Å²) in [6.45, 7) is 1.89. The fourth-order valence-corrected chi connectivity index (χ4v) is 1.30. The van der Waals surface area contributed by atoms with Gasteiger partial charge >= 0.3 is 0 Å².